The molecule has 0 saturated carbocycles. The maximum atomic E-state index is 12.6. The third-order valence-electron chi connectivity index (χ3n) is 3.58. The number of rotatable bonds is 2. The Morgan fingerprint density at radius 2 is 2.16 bits per heavy atom. The molecule has 0 spiro atoms. The van der Waals surface area contributed by atoms with Gasteiger partial charge in [-0.05, 0) is 44.4 Å². The van der Waals surface area contributed by atoms with E-state index >= 15 is 0 Å². The zero-order valence-electron chi connectivity index (χ0n) is 10.9. The van der Waals surface area contributed by atoms with Crippen molar-refractivity contribution in [2.75, 3.05) is 6.54 Å². The lowest BCUT2D eigenvalue weighted by Crippen LogP contribution is -2.51. The molecular formula is C14H18Cl2N2O. The maximum absolute atomic E-state index is 12.6. The first-order valence-electron chi connectivity index (χ1n) is 6.52. The number of likely N-dealkylation sites (tertiary alicyclic amines) is 1. The summed E-state index contributed by atoms with van der Waals surface area (Å²) in [5.74, 6) is -0.0522. The molecule has 0 aromatic heterocycles. The molecule has 2 unspecified atom stereocenters. The van der Waals surface area contributed by atoms with Crippen LogP contribution in [-0.2, 0) is 0 Å². The molecule has 1 saturated heterocycles. The number of nitrogens with zero attached hydrogens (tertiary/aromatic N) is 1. The summed E-state index contributed by atoms with van der Waals surface area (Å²) in [6.45, 7) is 2.68. The second-order valence-corrected chi connectivity index (χ2v) is 5.89. The minimum atomic E-state index is -0.0522. The summed E-state index contributed by atoms with van der Waals surface area (Å²) in [7, 11) is 0. The molecule has 1 aromatic rings. The Morgan fingerprint density at radius 3 is 2.79 bits per heavy atom. The lowest BCUT2D eigenvalue weighted by molar-refractivity contribution is 0.0584. The van der Waals surface area contributed by atoms with Crippen molar-refractivity contribution < 1.29 is 4.79 Å². The number of carbonyl (C=O) groups is 1. The van der Waals surface area contributed by atoms with Crippen LogP contribution in [-0.4, -0.2) is 29.4 Å². The summed E-state index contributed by atoms with van der Waals surface area (Å²) in [4.78, 5) is 14.4. The van der Waals surface area contributed by atoms with Crippen LogP contribution in [0.15, 0.2) is 18.2 Å². The van der Waals surface area contributed by atoms with Gasteiger partial charge in [0.25, 0.3) is 5.91 Å². The fourth-order valence-corrected chi connectivity index (χ4v) is 3.06. The molecule has 1 fully saturated rings. The van der Waals surface area contributed by atoms with Crippen molar-refractivity contribution in [3.05, 3.63) is 33.8 Å². The lowest BCUT2D eigenvalue weighted by Gasteiger charge is -2.38. The molecule has 0 aliphatic carbocycles. The van der Waals surface area contributed by atoms with Crippen LogP contribution >= 0.6 is 23.2 Å². The first-order chi connectivity index (χ1) is 9.00. The van der Waals surface area contributed by atoms with Gasteiger partial charge >= 0.3 is 0 Å². The summed E-state index contributed by atoms with van der Waals surface area (Å²) in [6, 6.07) is 5.02. The number of piperidine rings is 1. The molecule has 1 aliphatic heterocycles. The van der Waals surface area contributed by atoms with E-state index in [4.69, 9.17) is 28.9 Å². The number of hydrogen-bond acceptors (Lipinski definition) is 2. The zero-order valence-corrected chi connectivity index (χ0v) is 12.4. The molecule has 3 nitrogen and oxygen atoms in total. The van der Waals surface area contributed by atoms with Crippen molar-refractivity contribution in [1.82, 2.24) is 4.90 Å². The first-order valence-corrected chi connectivity index (χ1v) is 7.28. The van der Waals surface area contributed by atoms with Crippen LogP contribution in [0.4, 0.5) is 0 Å². The fourth-order valence-electron chi connectivity index (χ4n) is 2.57. The number of carbonyl (C=O) groups excluding carboxylic acids is 1. The first kappa shape index (κ1) is 14.6. The van der Waals surface area contributed by atoms with Gasteiger partial charge in [0.1, 0.15) is 0 Å². The van der Waals surface area contributed by atoms with Gasteiger partial charge in [-0.1, -0.05) is 23.2 Å². The molecule has 1 aromatic carbocycles. The number of nitrogens with two attached hydrogens (primary N) is 1. The topological polar surface area (TPSA) is 46.3 Å². The molecule has 19 heavy (non-hydrogen) atoms. The standard InChI is InChI=1S/C14H18Cl2N2O/c1-9(17)13-4-2-3-7-18(13)14(19)11-6-5-10(15)8-12(11)16/h5-6,8-9,13H,2-4,7,17H2,1H3. The van der Waals surface area contributed by atoms with Gasteiger partial charge in [-0.3, -0.25) is 4.79 Å². The Kier molecular flexibility index (Phi) is 4.71. The molecule has 1 aliphatic rings. The van der Waals surface area contributed by atoms with E-state index in [-0.39, 0.29) is 18.0 Å². The van der Waals surface area contributed by atoms with E-state index in [1.807, 2.05) is 11.8 Å². The van der Waals surface area contributed by atoms with Crippen LogP contribution in [0.25, 0.3) is 0 Å². The fraction of sp³-hybridized carbons (Fsp3) is 0.500. The molecule has 104 valence electrons. The summed E-state index contributed by atoms with van der Waals surface area (Å²) >= 11 is 12.0. The van der Waals surface area contributed by atoms with Crippen molar-refractivity contribution in [1.29, 1.82) is 0 Å². The lowest BCUT2D eigenvalue weighted by atomic mass is 9.96. The van der Waals surface area contributed by atoms with E-state index in [2.05, 4.69) is 0 Å². The molecule has 5 heteroatoms. The van der Waals surface area contributed by atoms with Crippen LogP contribution < -0.4 is 5.73 Å². The van der Waals surface area contributed by atoms with Crippen molar-refractivity contribution in [2.24, 2.45) is 5.73 Å². The second kappa shape index (κ2) is 6.12. The molecule has 1 amide bonds. The molecule has 0 radical (unpaired) electrons. The molecule has 2 atom stereocenters. The summed E-state index contributed by atoms with van der Waals surface area (Å²) < 4.78 is 0. The molecule has 2 N–H and O–H groups in total. The van der Waals surface area contributed by atoms with Gasteiger partial charge in [0.15, 0.2) is 0 Å². The third kappa shape index (κ3) is 3.22. The number of amides is 1. The molecular weight excluding hydrogens is 283 g/mol. The highest BCUT2D eigenvalue weighted by molar-refractivity contribution is 6.36. The van der Waals surface area contributed by atoms with Crippen molar-refractivity contribution in [2.45, 2.75) is 38.3 Å². The highest BCUT2D eigenvalue weighted by Gasteiger charge is 2.30. The molecule has 1 heterocycles. The second-order valence-electron chi connectivity index (χ2n) is 5.04. The summed E-state index contributed by atoms with van der Waals surface area (Å²) in [5, 5.41) is 0.926. The van der Waals surface area contributed by atoms with E-state index in [0.29, 0.717) is 15.6 Å². The van der Waals surface area contributed by atoms with Crippen LogP contribution in [0.1, 0.15) is 36.5 Å². The van der Waals surface area contributed by atoms with Crippen molar-refractivity contribution in [3.8, 4) is 0 Å². The van der Waals surface area contributed by atoms with Gasteiger partial charge in [-0.15, -0.1) is 0 Å². The minimum Gasteiger partial charge on any atom is -0.334 e. The van der Waals surface area contributed by atoms with E-state index < -0.39 is 0 Å². The van der Waals surface area contributed by atoms with Crippen LogP contribution in [0, 0.1) is 0 Å². The number of benzene rings is 1. The molecule has 0 bridgehead atoms. The van der Waals surface area contributed by atoms with Gasteiger partial charge in [0.2, 0.25) is 0 Å². The van der Waals surface area contributed by atoms with Gasteiger partial charge in [0, 0.05) is 23.7 Å². The van der Waals surface area contributed by atoms with Gasteiger partial charge in [0.05, 0.1) is 10.6 Å². The summed E-state index contributed by atoms with van der Waals surface area (Å²) in [6.07, 6.45) is 3.08. The monoisotopic (exact) mass is 300 g/mol. The van der Waals surface area contributed by atoms with Crippen LogP contribution in [0.3, 0.4) is 0 Å². The van der Waals surface area contributed by atoms with Crippen LogP contribution in [0.2, 0.25) is 10.0 Å². The SMILES string of the molecule is CC(N)C1CCCCN1C(=O)c1ccc(Cl)cc1Cl. The molecule has 2 rings (SSSR count). The maximum Gasteiger partial charge on any atom is 0.255 e. The van der Waals surface area contributed by atoms with Crippen molar-refractivity contribution >= 4 is 29.1 Å². The van der Waals surface area contributed by atoms with Crippen molar-refractivity contribution in [3.63, 3.8) is 0 Å². The number of halogens is 2. The average molecular weight is 301 g/mol. The minimum absolute atomic E-state index is 0.0321. The zero-order chi connectivity index (χ0) is 14.0. The van der Waals surface area contributed by atoms with Crippen LogP contribution in [0.5, 0.6) is 0 Å². The average Bonchev–Trinajstić information content (AvgIpc) is 2.38. The van der Waals surface area contributed by atoms with E-state index in [1.165, 1.54) is 0 Å². The Bertz CT molecular complexity index is 477. The van der Waals surface area contributed by atoms with Gasteiger partial charge in [-0.25, -0.2) is 0 Å². The Hall–Kier alpha value is -0.770. The van der Waals surface area contributed by atoms with E-state index in [9.17, 15) is 4.79 Å². The Labute approximate surface area is 123 Å². The largest absolute Gasteiger partial charge is 0.334 e. The van der Waals surface area contributed by atoms with E-state index in [0.717, 1.165) is 25.8 Å². The van der Waals surface area contributed by atoms with E-state index in [1.54, 1.807) is 18.2 Å². The van der Waals surface area contributed by atoms with Gasteiger partial charge in [-0.2, -0.15) is 0 Å². The quantitative estimate of drug-likeness (QED) is 0.910. The predicted octanol–water partition coefficient (Wildman–Crippen LogP) is 3.34. The Balaban J connectivity index is 2.26. The highest BCUT2D eigenvalue weighted by atomic mass is 35.5. The predicted molar refractivity (Wildman–Crippen MR) is 78.8 cm³/mol. The summed E-state index contributed by atoms with van der Waals surface area (Å²) in [5.41, 5.74) is 6.49. The highest BCUT2D eigenvalue weighted by Crippen LogP contribution is 2.26. The normalized spacial score (nSPS) is 21.3. The smallest absolute Gasteiger partial charge is 0.255 e. The third-order valence-corrected chi connectivity index (χ3v) is 4.13. The number of hydrogen-bond donors (Lipinski definition) is 1. The Morgan fingerprint density at radius 1 is 1.42 bits per heavy atom. The van der Waals surface area contributed by atoms with Gasteiger partial charge < -0.3 is 10.6 Å².